The maximum Gasteiger partial charge on any atom is 0.265 e. The Morgan fingerprint density at radius 2 is 2.06 bits per heavy atom. The van der Waals surface area contributed by atoms with Gasteiger partial charge in [-0.2, -0.15) is 0 Å². The van der Waals surface area contributed by atoms with Crippen molar-refractivity contribution in [3.8, 4) is 16.9 Å². The lowest BCUT2D eigenvalue weighted by Gasteiger charge is -2.09. The molecule has 9 nitrogen and oxygen atoms in total. The fraction of sp³-hybridized carbons (Fsp3) is 0.190. The van der Waals surface area contributed by atoms with E-state index in [1.807, 2.05) is 16.7 Å². The molecule has 3 heterocycles. The van der Waals surface area contributed by atoms with E-state index < -0.39 is 5.91 Å². The highest BCUT2D eigenvalue weighted by Crippen LogP contribution is 2.26. The Labute approximate surface area is 192 Å². The number of nitrogens with two attached hydrogens (primary N) is 1. The van der Waals surface area contributed by atoms with Crippen molar-refractivity contribution in [3.63, 3.8) is 0 Å². The second-order valence-electron chi connectivity index (χ2n) is 7.27. The maximum atomic E-state index is 12.4. The van der Waals surface area contributed by atoms with Gasteiger partial charge in [0.25, 0.3) is 5.91 Å². The second-order valence-corrected chi connectivity index (χ2v) is 9.07. The molecule has 4 aromatic rings. The Kier molecular flexibility index (Phi) is 6.37. The lowest BCUT2D eigenvalue weighted by atomic mass is 10.0. The molecule has 11 heteroatoms. The van der Waals surface area contributed by atoms with E-state index in [1.165, 1.54) is 28.7 Å². The second kappa shape index (κ2) is 9.37. The SMILES string of the molecule is CC(C)c1ccc(-n2cnnc2SCC(=O)Nc2nc(-c3c[nH]c(C(N)=O)c3)cs2)cc1. The predicted molar refractivity (Wildman–Crippen MR) is 125 cm³/mol. The summed E-state index contributed by atoms with van der Waals surface area (Å²) in [6.45, 7) is 4.30. The Balaban J connectivity index is 1.36. The number of anilines is 1. The average molecular weight is 468 g/mol. The van der Waals surface area contributed by atoms with Crippen molar-refractivity contribution in [3.05, 3.63) is 59.5 Å². The van der Waals surface area contributed by atoms with E-state index in [9.17, 15) is 9.59 Å². The fourth-order valence-corrected chi connectivity index (χ4v) is 4.42. The number of carbonyl (C=O) groups is 2. The van der Waals surface area contributed by atoms with Crippen molar-refractivity contribution in [2.75, 3.05) is 11.1 Å². The first-order valence-corrected chi connectivity index (χ1v) is 11.6. The summed E-state index contributed by atoms with van der Waals surface area (Å²) in [7, 11) is 0. The first-order chi connectivity index (χ1) is 15.4. The number of rotatable bonds is 8. The lowest BCUT2D eigenvalue weighted by Crippen LogP contribution is -2.14. The normalized spacial score (nSPS) is 11.1. The number of hydrogen-bond acceptors (Lipinski definition) is 7. The van der Waals surface area contributed by atoms with Crippen LogP contribution in [-0.4, -0.2) is 42.3 Å². The van der Waals surface area contributed by atoms with Crippen LogP contribution < -0.4 is 11.1 Å². The molecule has 0 saturated heterocycles. The molecule has 4 rings (SSSR count). The van der Waals surface area contributed by atoms with Crippen LogP contribution in [0.1, 0.15) is 35.8 Å². The molecule has 0 atom stereocenters. The number of aromatic nitrogens is 5. The largest absolute Gasteiger partial charge is 0.364 e. The van der Waals surface area contributed by atoms with Crippen LogP contribution >= 0.6 is 23.1 Å². The average Bonchev–Trinajstić information content (AvgIpc) is 3.52. The van der Waals surface area contributed by atoms with E-state index >= 15 is 0 Å². The lowest BCUT2D eigenvalue weighted by molar-refractivity contribution is -0.113. The molecule has 0 saturated carbocycles. The molecule has 0 radical (unpaired) electrons. The van der Waals surface area contributed by atoms with Crippen LogP contribution in [0.5, 0.6) is 0 Å². The molecule has 0 aliphatic carbocycles. The Morgan fingerprint density at radius 3 is 2.75 bits per heavy atom. The number of amides is 2. The minimum absolute atomic E-state index is 0.160. The standard InChI is InChI=1S/C21H21N7O2S2/c1-12(2)13-3-5-15(6-4-13)28-11-24-27-21(28)32-10-18(29)26-20-25-17(9-31-20)14-7-16(19(22)30)23-8-14/h3-9,11-12,23H,10H2,1-2H3,(H2,22,30)(H,25,26,29). The van der Waals surface area contributed by atoms with Crippen LogP contribution in [0.25, 0.3) is 16.9 Å². The van der Waals surface area contributed by atoms with Gasteiger partial charge < -0.3 is 16.0 Å². The first-order valence-electron chi connectivity index (χ1n) is 9.78. The van der Waals surface area contributed by atoms with Gasteiger partial charge in [0.2, 0.25) is 5.91 Å². The molecule has 4 N–H and O–H groups in total. The molecule has 32 heavy (non-hydrogen) atoms. The van der Waals surface area contributed by atoms with Crippen LogP contribution in [0.3, 0.4) is 0 Å². The summed E-state index contributed by atoms with van der Waals surface area (Å²) >= 11 is 2.60. The number of primary amides is 1. The van der Waals surface area contributed by atoms with Gasteiger partial charge in [0, 0.05) is 22.8 Å². The fourth-order valence-electron chi connectivity index (χ4n) is 2.95. The summed E-state index contributed by atoms with van der Waals surface area (Å²) in [4.78, 5) is 30.8. The molecule has 0 fully saturated rings. The van der Waals surface area contributed by atoms with Crippen LogP contribution in [0.2, 0.25) is 0 Å². The molecular formula is C21H21N7O2S2. The highest BCUT2D eigenvalue weighted by molar-refractivity contribution is 7.99. The third-order valence-corrected chi connectivity index (χ3v) is 6.38. The zero-order chi connectivity index (χ0) is 22.7. The number of H-pyrrole nitrogens is 1. The Bertz CT molecular complexity index is 1240. The topological polar surface area (TPSA) is 132 Å². The van der Waals surface area contributed by atoms with E-state index in [4.69, 9.17) is 5.73 Å². The number of hydrogen-bond donors (Lipinski definition) is 3. The molecule has 164 valence electrons. The minimum Gasteiger partial charge on any atom is -0.364 e. The van der Waals surface area contributed by atoms with Gasteiger partial charge in [-0.05, 0) is 29.7 Å². The molecule has 0 bridgehead atoms. The van der Waals surface area contributed by atoms with Gasteiger partial charge in [-0.25, -0.2) is 4.98 Å². The van der Waals surface area contributed by atoms with E-state index in [0.29, 0.717) is 27.6 Å². The molecule has 0 unspecified atom stereocenters. The number of benzene rings is 1. The van der Waals surface area contributed by atoms with Gasteiger partial charge in [0.05, 0.1) is 11.4 Å². The molecule has 1 aromatic carbocycles. The molecule has 0 spiro atoms. The van der Waals surface area contributed by atoms with Gasteiger partial charge in [0.15, 0.2) is 10.3 Å². The van der Waals surface area contributed by atoms with Crippen molar-refractivity contribution >= 4 is 40.0 Å². The number of nitrogens with one attached hydrogen (secondary N) is 2. The van der Waals surface area contributed by atoms with Crippen LogP contribution in [0.4, 0.5) is 5.13 Å². The number of thioether (sulfide) groups is 1. The van der Waals surface area contributed by atoms with Crippen molar-refractivity contribution in [1.29, 1.82) is 0 Å². The summed E-state index contributed by atoms with van der Waals surface area (Å²) in [5.74, 6) is -0.127. The number of aromatic amines is 1. The van der Waals surface area contributed by atoms with Gasteiger partial charge in [-0.3, -0.25) is 14.2 Å². The molecule has 0 aliphatic rings. The molecule has 0 aliphatic heterocycles. The zero-order valence-corrected chi connectivity index (χ0v) is 19.0. The summed E-state index contributed by atoms with van der Waals surface area (Å²) in [5.41, 5.74) is 9.12. The van der Waals surface area contributed by atoms with Crippen molar-refractivity contribution in [2.45, 2.75) is 24.9 Å². The van der Waals surface area contributed by atoms with Gasteiger partial charge in [-0.1, -0.05) is 37.7 Å². The highest BCUT2D eigenvalue weighted by atomic mass is 32.2. The zero-order valence-electron chi connectivity index (χ0n) is 17.4. The van der Waals surface area contributed by atoms with Gasteiger partial charge in [-0.15, -0.1) is 21.5 Å². The number of nitrogens with zero attached hydrogens (tertiary/aromatic N) is 4. The molecule has 3 aromatic heterocycles. The first kappa shape index (κ1) is 21.8. The van der Waals surface area contributed by atoms with Crippen molar-refractivity contribution in [2.24, 2.45) is 5.73 Å². The third kappa shape index (κ3) is 4.89. The van der Waals surface area contributed by atoms with Crippen LogP contribution in [0, 0.1) is 0 Å². The monoisotopic (exact) mass is 467 g/mol. The highest BCUT2D eigenvalue weighted by Gasteiger charge is 2.14. The van der Waals surface area contributed by atoms with E-state index in [2.05, 4.69) is 51.5 Å². The molecule has 2 amide bonds. The Morgan fingerprint density at radius 1 is 1.28 bits per heavy atom. The van der Waals surface area contributed by atoms with Crippen molar-refractivity contribution in [1.82, 2.24) is 24.7 Å². The van der Waals surface area contributed by atoms with Crippen LogP contribution in [0.15, 0.2) is 53.4 Å². The summed E-state index contributed by atoms with van der Waals surface area (Å²) in [6, 6.07) is 9.82. The smallest absolute Gasteiger partial charge is 0.265 e. The minimum atomic E-state index is -0.541. The summed E-state index contributed by atoms with van der Waals surface area (Å²) in [6.07, 6.45) is 3.28. The van der Waals surface area contributed by atoms with E-state index in [0.717, 1.165) is 11.3 Å². The van der Waals surface area contributed by atoms with E-state index in [1.54, 1.807) is 24.0 Å². The summed E-state index contributed by atoms with van der Waals surface area (Å²) in [5, 5.41) is 13.8. The van der Waals surface area contributed by atoms with E-state index in [-0.39, 0.29) is 11.7 Å². The van der Waals surface area contributed by atoms with Crippen molar-refractivity contribution < 1.29 is 9.59 Å². The molecular weight excluding hydrogens is 446 g/mol. The quantitative estimate of drug-likeness (QED) is 0.339. The van der Waals surface area contributed by atoms with Gasteiger partial charge in [0.1, 0.15) is 12.0 Å². The Hall–Kier alpha value is -3.44. The summed E-state index contributed by atoms with van der Waals surface area (Å²) < 4.78 is 1.85. The van der Waals surface area contributed by atoms with Gasteiger partial charge >= 0.3 is 0 Å². The maximum absolute atomic E-state index is 12.4. The number of thiazole rings is 1. The number of carbonyl (C=O) groups excluding carboxylic acids is 2. The van der Waals surface area contributed by atoms with Crippen LogP contribution in [-0.2, 0) is 4.79 Å². The third-order valence-electron chi connectivity index (χ3n) is 4.68. The predicted octanol–water partition coefficient (Wildman–Crippen LogP) is 3.67.